The molecule has 1 spiro atoms. The lowest BCUT2D eigenvalue weighted by atomic mass is 9.91. The number of fused-ring (bicyclic) bond motifs is 2. The van der Waals surface area contributed by atoms with Gasteiger partial charge in [0.2, 0.25) is 5.91 Å². The second-order valence-electron chi connectivity index (χ2n) is 11.9. The monoisotopic (exact) mass is 604 g/mol. The van der Waals surface area contributed by atoms with E-state index in [-0.39, 0.29) is 31.4 Å². The van der Waals surface area contributed by atoms with E-state index in [9.17, 15) is 9.59 Å². The van der Waals surface area contributed by atoms with Crippen molar-refractivity contribution in [3.05, 3.63) is 138 Å². The zero-order valence-electron chi connectivity index (χ0n) is 24.9. The third-order valence-corrected chi connectivity index (χ3v) is 8.85. The molecule has 4 aromatic carbocycles. The van der Waals surface area contributed by atoms with Crippen LogP contribution in [0, 0.1) is 0 Å². The minimum absolute atomic E-state index is 0.193. The van der Waals surface area contributed by atoms with Crippen LogP contribution in [0.25, 0.3) is 0 Å². The molecule has 230 valence electrons. The maximum Gasteiger partial charge on any atom is 0.256 e. The van der Waals surface area contributed by atoms with Gasteiger partial charge in [-0.1, -0.05) is 103 Å². The van der Waals surface area contributed by atoms with Gasteiger partial charge >= 0.3 is 0 Å². The largest absolute Gasteiger partial charge is 0.374 e. The van der Waals surface area contributed by atoms with Crippen molar-refractivity contribution in [2.45, 2.75) is 56.2 Å². The molecule has 0 bridgehead atoms. The van der Waals surface area contributed by atoms with Crippen molar-refractivity contribution >= 4 is 17.5 Å². The molecule has 0 unspecified atom stereocenters. The third-order valence-electron chi connectivity index (χ3n) is 8.85. The molecule has 8 heteroatoms. The summed E-state index contributed by atoms with van der Waals surface area (Å²) in [4.78, 5) is 29.1. The Hall–Kier alpha value is -4.34. The molecule has 0 saturated carbocycles. The fraction of sp³-hybridized carbons (Fsp3) is 0.297. The van der Waals surface area contributed by atoms with Gasteiger partial charge in [0.1, 0.15) is 30.0 Å². The van der Waals surface area contributed by atoms with Crippen molar-refractivity contribution < 1.29 is 28.5 Å². The van der Waals surface area contributed by atoms with E-state index in [1.807, 2.05) is 97.1 Å². The maximum absolute atomic E-state index is 13.9. The van der Waals surface area contributed by atoms with Gasteiger partial charge in [0.05, 0.1) is 44.2 Å². The van der Waals surface area contributed by atoms with Crippen molar-refractivity contribution in [2.24, 2.45) is 0 Å². The molecule has 45 heavy (non-hydrogen) atoms. The van der Waals surface area contributed by atoms with E-state index in [0.717, 1.165) is 16.7 Å². The molecule has 2 saturated heterocycles. The Bertz CT molecular complexity index is 1620. The Morgan fingerprint density at radius 3 is 1.98 bits per heavy atom. The fourth-order valence-electron chi connectivity index (χ4n) is 6.68. The van der Waals surface area contributed by atoms with Crippen LogP contribution in [0.4, 0.5) is 5.69 Å². The van der Waals surface area contributed by atoms with Crippen LogP contribution >= 0.6 is 0 Å². The molecule has 3 aliphatic rings. The van der Waals surface area contributed by atoms with Gasteiger partial charge in [0.15, 0.2) is 0 Å². The van der Waals surface area contributed by atoms with E-state index in [4.69, 9.17) is 18.9 Å². The molecule has 2 fully saturated rings. The Kier molecular flexibility index (Phi) is 8.45. The first-order valence-corrected chi connectivity index (χ1v) is 15.4. The van der Waals surface area contributed by atoms with Crippen LogP contribution in [-0.4, -0.2) is 59.8 Å². The van der Waals surface area contributed by atoms with Gasteiger partial charge in [-0.3, -0.25) is 9.59 Å². The number of hydrogen-bond acceptors (Lipinski definition) is 6. The van der Waals surface area contributed by atoms with Crippen molar-refractivity contribution in [2.75, 3.05) is 18.5 Å². The second-order valence-corrected chi connectivity index (χ2v) is 11.9. The van der Waals surface area contributed by atoms with Gasteiger partial charge < -0.3 is 29.2 Å². The molecule has 3 aliphatic heterocycles. The third kappa shape index (κ3) is 6.15. The first-order chi connectivity index (χ1) is 22.1. The lowest BCUT2D eigenvalue weighted by Crippen LogP contribution is -2.48. The smallest absolute Gasteiger partial charge is 0.256 e. The summed E-state index contributed by atoms with van der Waals surface area (Å²) in [6, 6.07) is 36.3. The average molecular weight is 605 g/mol. The first kappa shape index (κ1) is 29.4. The molecule has 0 aliphatic carbocycles. The Morgan fingerprint density at radius 1 is 0.733 bits per heavy atom. The van der Waals surface area contributed by atoms with E-state index in [1.54, 1.807) is 23.1 Å². The Labute approximate surface area is 262 Å². The highest BCUT2D eigenvalue weighted by Gasteiger charge is 2.63. The van der Waals surface area contributed by atoms with E-state index < -0.39 is 30.0 Å². The van der Waals surface area contributed by atoms with Gasteiger partial charge in [-0.05, 0) is 28.8 Å². The molecule has 8 nitrogen and oxygen atoms in total. The second kappa shape index (κ2) is 12.9. The number of nitrogens with zero attached hydrogens (tertiary/aromatic N) is 1. The molecule has 2 amide bonds. The topological polar surface area (TPSA) is 86.3 Å². The lowest BCUT2D eigenvalue weighted by Gasteiger charge is -2.32. The van der Waals surface area contributed by atoms with Gasteiger partial charge in [-0.15, -0.1) is 0 Å². The van der Waals surface area contributed by atoms with Crippen LogP contribution in [0.15, 0.2) is 115 Å². The van der Waals surface area contributed by atoms with Crippen molar-refractivity contribution in [1.29, 1.82) is 0 Å². The van der Waals surface area contributed by atoms with Gasteiger partial charge in [0.25, 0.3) is 5.91 Å². The highest BCUT2D eigenvalue weighted by molar-refractivity contribution is 6.10. The summed E-state index contributed by atoms with van der Waals surface area (Å²) < 4.78 is 26.5. The van der Waals surface area contributed by atoms with Gasteiger partial charge in [-0.2, -0.15) is 0 Å². The summed E-state index contributed by atoms with van der Waals surface area (Å²) in [6.45, 7) is 1.55. The number of ether oxygens (including phenoxy) is 4. The fourth-order valence-corrected chi connectivity index (χ4v) is 6.68. The molecule has 0 aromatic heterocycles. The summed E-state index contributed by atoms with van der Waals surface area (Å²) >= 11 is 0. The number of nitrogens with one attached hydrogen (secondary N) is 1. The van der Waals surface area contributed by atoms with Crippen molar-refractivity contribution in [3.8, 4) is 0 Å². The summed E-state index contributed by atoms with van der Waals surface area (Å²) in [6.07, 6.45) is -1.31. The zero-order valence-corrected chi connectivity index (χ0v) is 24.9. The van der Waals surface area contributed by atoms with Crippen molar-refractivity contribution in [1.82, 2.24) is 4.90 Å². The van der Waals surface area contributed by atoms with Crippen LogP contribution in [-0.2, 0) is 43.6 Å². The summed E-state index contributed by atoms with van der Waals surface area (Å²) in [7, 11) is 0. The summed E-state index contributed by atoms with van der Waals surface area (Å²) in [5, 5.41) is 2.97. The molecule has 0 radical (unpaired) electrons. The van der Waals surface area contributed by atoms with E-state index >= 15 is 0 Å². The van der Waals surface area contributed by atoms with E-state index in [0.29, 0.717) is 31.1 Å². The number of carbonyl (C=O) groups excluding carboxylic acids is 2. The maximum atomic E-state index is 13.9. The predicted molar refractivity (Wildman–Crippen MR) is 168 cm³/mol. The minimum Gasteiger partial charge on any atom is -0.374 e. The number of hydrogen-bond donors (Lipinski definition) is 1. The average Bonchev–Trinajstić information content (AvgIpc) is 3.58. The number of para-hydroxylation sites is 1. The van der Waals surface area contributed by atoms with Crippen molar-refractivity contribution in [3.63, 3.8) is 0 Å². The minimum atomic E-state index is -0.985. The normalized spacial score (nSPS) is 25.6. The standard InChI is InChI=1S/C37H36N2O6/c40-35-31-20-37(25-39(31)36(41)29-18-10-11-19-30(29)38-35)34(44-23-28-16-8-3-9-17-28)33(43-22-27-14-6-2-7-15-27)32(45-37)24-42-21-26-12-4-1-5-13-26/h1-19,31-34H,20-25H2,(H,38,40)/t31-,32-,33-,34+,37+/m0/s1. The van der Waals surface area contributed by atoms with Crippen LogP contribution in [0.1, 0.15) is 33.5 Å². The molecular formula is C37H36N2O6. The van der Waals surface area contributed by atoms with E-state index in [1.165, 1.54) is 0 Å². The summed E-state index contributed by atoms with van der Waals surface area (Å²) in [5.41, 5.74) is 3.09. The number of anilines is 1. The molecular weight excluding hydrogens is 568 g/mol. The SMILES string of the molecule is O=C1Nc2ccccc2C(=O)N2C[C@@]3(C[C@@H]12)O[C@@H](COCc1ccccc1)[C@H](OCc1ccccc1)[C@H]3OCc1ccccc1. The number of amides is 2. The number of rotatable bonds is 10. The van der Waals surface area contributed by atoms with E-state index in [2.05, 4.69) is 5.32 Å². The Balaban J connectivity index is 1.20. The quantitative estimate of drug-likeness (QED) is 0.262. The first-order valence-electron chi connectivity index (χ1n) is 15.4. The highest BCUT2D eigenvalue weighted by atomic mass is 16.6. The van der Waals surface area contributed by atoms with Crippen LogP contribution in [0.3, 0.4) is 0 Å². The number of benzene rings is 4. The van der Waals surface area contributed by atoms with Gasteiger partial charge in [0, 0.05) is 6.42 Å². The lowest BCUT2D eigenvalue weighted by molar-refractivity contribution is -0.122. The molecule has 5 atom stereocenters. The Morgan fingerprint density at radius 2 is 1.31 bits per heavy atom. The molecule has 4 aromatic rings. The van der Waals surface area contributed by atoms with Crippen LogP contribution < -0.4 is 5.32 Å². The molecule has 7 rings (SSSR count). The number of carbonyl (C=O) groups is 2. The zero-order chi connectivity index (χ0) is 30.6. The molecule has 3 heterocycles. The van der Waals surface area contributed by atoms with Crippen LogP contribution in [0.5, 0.6) is 0 Å². The van der Waals surface area contributed by atoms with Crippen LogP contribution in [0.2, 0.25) is 0 Å². The highest BCUT2D eigenvalue weighted by Crippen LogP contribution is 2.46. The molecule has 1 N–H and O–H groups in total. The van der Waals surface area contributed by atoms with Gasteiger partial charge in [-0.25, -0.2) is 0 Å². The summed E-state index contributed by atoms with van der Waals surface area (Å²) in [5.74, 6) is -0.442. The predicted octanol–water partition coefficient (Wildman–Crippen LogP) is 5.38.